The molecule has 1 aliphatic heterocycles. The van der Waals surface area contributed by atoms with Gasteiger partial charge in [0.15, 0.2) is 0 Å². The van der Waals surface area contributed by atoms with Gasteiger partial charge in [-0.15, -0.1) is 0 Å². The number of benzene rings is 1. The Bertz CT molecular complexity index is 627. The highest BCUT2D eigenvalue weighted by atomic mass is 16.5. The van der Waals surface area contributed by atoms with Crippen LogP contribution in [0.15, 0.2) is 42.7 Å². The SMILES string of the molecule is NC(=O)c1cccc(CN2CCO[C@@H](Cn3cccn3)C2)c1. The monoisotopic (exact) mass is 300 g/mol. The lowest BCUT2D eigenvalue weighted by Crippen LogP contribution is -2.43. The Morgan fingerprint density at radius 3 is 3.09 bits per heavy atom. The van der Waals surface area contributed by atoms with Gasteiger partial charge in [-0.05, 0) is 23.8 Å². The summed E-state index contributed by atoms with van der Waals surface area (Å²) in [5.41, 5.74) is 6.98. The maximum atomic E-state index is 11.3. The number of nitrogens with zero attached hydrogens (tertiary/aromatic N) is 3. The third-order valence-corrected chi connectivity index (χ3v) is 3.79. The van der Waals surface area contributed by atoms with Crippen LogP contribution in [0.25, 0.3) is 0 Å². The van der Waals surface area contributed by atoms with Crippen LogP contribution in [0, 0.1) is 0 Å². The number of nitrogens with two attached hydrogens (primary N) is 1. The fourth-order valence-electron chi connectivity index (χ4n) is 2.73. The van der Waals surface area contributed by atoms with Gasteiger partial charge in [-0.3, -0.25) is 14.4 Å². The molecule has 3 rings (SSSR count). The topological polar surface area (TPSA) is 73.4 Å². The van der Waals surface area contributed by atoms with Crippen LogP contribution in [0.1, 0.15) is 15.9 Å². The van der Waals surface area contributed by atoms with E-state index in [1.807, 2.05) is 35.1 Å². The first kappa shape index (κ1) is 14.7. The molecule has 0 unspecified atom stereocenters. The van der Waals surface area contributed by atoms with Crippen molar-refractivity contribution in [2.24, 2.45) is 5.73 Å². The molecule has 1 amide bonds. The van der Waals surface area contributed by atoms with Gasteiger partial charge in [-0.2, -0.15) is 5.10 Å². The standard InChI is InChI=1S/C16H20N4O2/c17-16(21)14-4-1-3-13(9-14)10-19-7-8-22-15(11-19)12-20-6-2-5-18-20/h1-6,9,15H,7-8,10-12H2,(H2,17,21)/t15-/m1/s1. The van der Waals surface area contributed by atoms with Crippen molar-refractivity contribution in [1.82, 2.24) is 14.7 Å². The molecule has 1 aromatic heterocycles. The van der Waals surface area contributed by atoms with Gasteiger partial charge < -0.3 is 10.5 Å². The summed E-state index contributed by atoms with van der Waals surface area (Å²) in [6.45, 7) is 3.99. The molecule has 2 heterocycles. The minimum absolute atomic E-state index is 0.132. The Kier molecular flexibility index (Phi) is 4.50. The highest BCUT2D eigenvalue weighted by Crippen LogP contribution is 2.13. The second-order valence-corrected chi connectivity index (χ2v) is 5.52. The molecule has 6 heteroatoms. The molecule has 1 fully saturated rings. The summed E-state index contributed by atoms with van der Waals surface area (Å²) < 4.78 is 7.70. The molecular formula is C16H20N4O2. The van der Waals surface area contributed by atoms with E-state index in [-0.39, 0.29) is 12.0 Å². The highest BCUT2D eigenvalue weighted by molar-refractivity contribution is 5.92. The van der Waals surface area contributed by atoms with Crippen molar-refractivity contribution in [3.8, 4) is 0 Å². The van der Waals surface area contributed by atoms with E-state index in [0.29, 0.717) is 12.2 Å². The lowest BCUT2D eigenvalue weighted by Gasteiger charge is -2.33. The zero-order valence-corrected chi connectivity index (χ0v) is 12.4. The predicted octanol–water partition coefficient (Wildman–Crippen LogP) is 0.883. The molecule has 1 saturated heterocycles. The summed E-state index contributed by atoms with van der Waals surface area (Å²) in [4.78, 5) is 13.6. The summed E-state index contributed by atoms with van der Waals surface area (Å²) in [6.07, 6.45) is 3.85. The van der Waals surface area contributed by atoms with Crippen LogP contribution in [0.5, 0.6) is 0 Å². The summed E-state index contributed by atoms with van der Waals surface area (Å²) >= 11 is 0. The third-order valence-electron chi connectivity index (χ3n) is 3.79. The fraction of sp³-hybridized carbons (Fsp3) is 0.375. The zero-order valence-electron chi connectivity index (χ0n) is 12.4. The van der Waals surface area contributed by atoms with Crippen molar-refractivity contribution in [1.29, 1.82) is 0 Å². The summed E-state index contributed by atoms with van der Waals surface area (Å²) in [6, 6.07) is 9.41. The number of amides is 1. The molecular weight excluding hydrogens is 280 g/mol. The normalized spacial score (nSPS) is 19.2. The molecule has 1 aliphatic rings. The van der Waals surface area contributed by atoms with E-state index in [9.17, 15) is 4.79 Å². The minimum Gasteiger partial charge on any atom is -0.374 e. The van der Waals surface area contributed by atoms with Crippen LogP contribution in [0.4, 0.5) is 0 Å². The van der Waals surface area contributed by atoms with E-state index < -0.39 is 0 Å². The summed E-state index contributed by atoms with van der Waals surface area (Å²) in [5.74, 6) is -0.389. The molecule has 0 saturated carbocycles. The van der Waals surface area contributed by atoms with Crippen LogP contribution in [0.3, 0.4) is 0 Å². The highest BCUT2D eigenvalue weighted by Gasteiger charge is 2.21. The van der Waals surface area contributed by atoms with Crippen LogP contribution in [-0.4, -0.2) is 46.4 Å². The number of rotatable bonds is 5. The van der Waals surface area contributed by atoms with Crippen molar-refractivity contribution < 1.29 is 9.53 Å². The Balaban J connectivity index is 1.60. The quantitative estimate of drug-likeness (QED) is 0.890. The van der Waals surface area contributed by atoms with Crippen molar-refractivity contribution in [2.45, 2.75) is 19.2 Å². The van der Waals surface area contributed by atoms with Gasteiger partial charge in [0.25, 0.3) is 0 Å². The van der Waals surface area contributed by atoms with E-state index in [2.05, 4.69) is 10.00 Å². The number of morpholine rings is 1. The second kappa shape index (κ2) is 6.72. The molecule has 22 heavy (non-hydrogen) atoms. The molecule has 6 nitrogen and oxygen atoms in total. The number of aromatic nitrogens is 2. The number of ether oxygens (including phenoxy) is 1. The number of carbonyl (C=O) groups excluding carboxylic acids is 1. The first-order valence-electron chi connectivity index (χ1n) is 7.41. The zero-order chi connectivity index (χ0) is 15.4. The van der Waals surface area contributed by atoms with Gasteiger partial charge in [0, 0.05) is 37.6 Å². The molecule has 0 aliphatic carbocycles. The summed E-state index contributed by atoms with van der Waals surface area (Å²) in [5, 5.41) is 4.22. The Morgan fingerprint density at radius 2 is 2.32 bits per heavy atom. The van der Waals surface area contributed by atoms with Crippen LogP contribution < -0.4 is 5.73 Å². The Morgan fingerprint density at radius 1 is 1.41 bits per heavy atom. The predicted molar refractivity (Wildman–Crippen MR) is 82.2 cm³/mol. The third kappa shape index (κ3) is 3.72. The van der Waals surface area contributed by atoms with Crippen LogP contribution in [0.2, 0.25) is 0 Å². The van der Waals surface area contributed by atoms with Crippen LogP contribution in [-0.2, 0) is 17.8 Å². The largest absolute Gasteiger partial charge is 0.374 e. The van der Waals surface area contributed by atoms with E-state index in [1.165, 1.54) is 0 Å². The first-order chi connectivity index (χ1) is 10.7. The van der Waals surface area contributed by atoms with E-state index >= 15 is 0 Å². The lowest BCUT2D eigenvalue weighted by atomic mass is 10.1. The van der Waals surface area contributed by atoms with Gasteiger partial charge in [0.05, 0.1) is 19.3 Å². The van der Waals surface area contributed by atoms with Crippen molar-refractivity contribution in [3.05, 3.63) is 53.9 Å². The molecule has 1 aromatic carbocycles. The Hall–Kier alpha value is -2.18. The molecule has 0 spiro atoms. The lowest BCUT2D eigenvalue weighted by molar-refractivity contribution is -0.0402. The van der Waals surface area contributed by atoms with E-state index in [1.54, 1.807) is 12.3 Å². The second-order valence-electron chi connectivity index (χ2n) is 5.52. The van der Waals surface area contributed by atoms with E-state index in [0.717, 1.165) is 31.7 Å². The van der Waals surface area contributed by atoms with Gasteiger partial charge in [0.2, 0.25) is 5.91 Å². The average molecular weight is 300 g/mol. The average Bonchev–Trinajstić information content (AvgIpc) is 3.01. The van der Waals surface area contributed by atoms with Gasteiger partial charge in [-0.25, -0.2) is 0 Å². The number of carbonyl (C=O) groups is 1. The molecule has 0 bridgehead atoms. The maximum Gasteiger partial charge on any atom is 0.248 e. The number of primary amides is 1. The molecule has 2 N–H and O–H groups in total. The maximum absolute atomic E-state index is 11.3. The minimum atomic E-state index is -0.389. The van der Waals surface area contributed by atoms with Gasteiger partial charge >= 0.3 is 0 Å². The molecule has 116 valence electrons. The number of hydrogen-bond acceptors (Lipinski definition) is 4. The molecule has 1 atom stereocenters. The van der Waals surface area contributed by atoms with Crippen molar-refractivity contribution in [3.63, 3.8) is 0 Å². The Labute approximate surface area is 129 Å². The molecule has 0 radical (unpaired) electrons. The van der Waals surface area contributed by atoms with Gasteiger partial charge in [0.1, 0.15) is 0 Å². The van der Waals surface area contributed by atoms with Gasteiger partial charge in [-0.1, -0.05) is 12.1 Å². The molecule has 2 aromatic rings. The fourth-order valence-corrected chi connectivity index (χ4v) is 2.73. The number of hydrogen-bond donors (Lipinski definition) is 1. The van der Waals surface area contributed by atoms with Crippen molar-refractivity contribution >= 4 is 5.91 Å². The van der Waals surface area contributed by atoms with Crippen LogP contribution >= 0.6 is 0 Å². The first-order valence-corrected chi connectivity index (χ1v) is 7.41. The van der Waals surface area contributed by atoms with Crippen molar-refractivity contribution in [2.75, 3.05) is 19.7 Å². The smallest absolute Gasteiger partial charge is 0.248 e. The summed E-state index contributed by atoms with van der Waals surface area (Å²) in [7, 11) is 0. The van der Waals surface area contributed by atoms with E-state index in [4.69, 9.17) is 10.5 Å².